The molecule has 3 aromatic rings. The van der Waals surface area contributed by atoms with E-state index >= 15 is 0 Å². The zero-order valence-electron chi connectivity index (χ0n) is 15.2. The number of rotatable bonds is 3. The van der Waals surface area contributed by atoms with Gasteiger partial charge in [-0.05, 0) is 40.1 Å². The molecule has 28 heavy (non-hydrogen) atoms. The maximum absolute atomic E-state index is 12.9. The second-order valence-electron chi connectivity index (χ2n) is 6.85. The molecule has 1 aliphatic heterocycles. The first-order chi connectivity index (χ1) is 13.4. The SMILES string of the molecule is COC1CN(C(=O)c2ccc(-c3ccc(C(F)(F)F)cc3)c3ccccc23)C1. The van der Waals surface area contributed by atoms with Crippen molar-refractivity contribution in [3.05, 3.63) is 71.8 Å². The molecule has 0 radical (unpaired) electrons. The Morgan fingerprint density at radius 1 is 0.964 bits per heavy atom. The number of nitrogens with zero attached hydrogens (tertiary/aromatic N) is 1. The van der Waals surface area contributed by atoms with Crippen molar-refractivity contribution in [2.45, 2.75) is 12.3 Å². The van der Waals surface area contributed by atoms with Gasteiger partial charge in [0.05, 0.1) is 11.7 Å². The third kappa shape index (κ3) is 3.24. The fourth-order valence-electron chi connectivity index (χ4n) is 3.50. The molecule has 1 amide bonds. The van der Waals surface area contributed by atoms with E-state index in [1.165, 1.54) is 12.1 Å². The largest absolute Gasteiger partial charge is 0.416 e. The number of alkyl halides is 3. The van der Waals surface area contributed by atoms with Gasteiger partial charge in [-0.1, -0.05) is 42.5 Å². The van der Waals surface area contributed by atoms with Gasteiger partial charge in [0.2, 0.25) is 0 Å². The minimum absolute atomic E-state index is 0.0662. The maximum Gasteiger partial charge on any atom is 0.416 e. The van der Waals surface area contributed by atoms with E-state index in [-0.39, 0.29) is 12.0 Å². The van der Waals surface area contributed by atoms with E-state index in [1.54, 1.807) is 24.1 Å². The average Bonchev–Trinajstić information content (AvgIpc) is 2.65. The van der Waals surface area contributed by atoms with E-state index in [2.05, 4.69) is 0 Å². The second-order valence-corrected chi connectivity index (χ2v) is 6.85. The van der Waals surface area contributed by atoms with Gasteiger partial charge in [-0.25, -0.2) is 0 Å². The van der Waals surface area contributed by atoms with Crippen LogP contribution in [0.15, 0.2) is 60.7 Å². The molecule has 4 rings (SSSR count). The first-order valence-electron chi connectivity index (χ1n) is 8.90. The van der Waals surface area contributed by atoms with Crippen molar-refractivity contribution in [2.24, 2.45) is 0 Å². The van der Waals surface area contributed by atoms with Crippen molar-refractivity contribution in [1.29, 1.82) is 0 Å². The van der Waals surface area contributed by atoms with Gasteiger partial charge in [0, 0.05) is 25.8 Å². The molecule has 6 heteroatoms. The first-order valence-corrected chi connectivity index (χ1v) is 8.90. The van der Waals surface area contributed by atoms with Crippen LogP contribution in [0.25, 0.3) is 21.9 Å². The molecule has 3 aromatic carbocycles. The van der Waals surface area contributed by atoms with Crippen LogP contribution in [0.2, 0.25) is 0 Å². The Kier molecular flexibility index (Phi) is 4.59. The van der Waals surface area contributed by atoms with Crippen molar-refractivity contribution in [3.8, 4) is 11.1 Å². The Morgan fingerprint density at radius 2 is 1.61 bits per heavy atom. The number of halogens is 3. The molecule has 0 atom stereocenters. The lowest BCUT2D eigenvalue weighted by atomic mass is 9.93. The third-order valence-electron chi connectivity index (χ3n) is 5.15. The number of likely N-dealkylation sites (tertiary alicyclic amines) is 1. The van der Waals surface area contributed by atoms with E-state index in [4.69, 9.17) is 4.74 Å². The highest BCUT2D eigenvalue weighted by Crippen LogP contribution is 2.35. The van der Waals surface area contributed by atoms with Crippen LogP contribution < -0.4 is 0 Å². The number of benzene rings is 3. The van der Waals surface area contributed by atoms with Crippen LogP contribution in [0.4, 0.5) is 13.2 Å². The molecule has 144 valence electrons. The lowest BCUT2D eigenvalue weighted by Gasteiger charge is -2.38. The Balaban J connectivity index is 1.73. The fraction of sp³-hybridized carbons (Fsp3) is 0.227. The molecule has 0 unspecified atom stereocenters. The van der Waals surface area contributed by atoms with E-state index in [0.29, 0.717) is 24.2 Å². The number of ether oxygens (including phenoxy) is 1. The quantitative estimate of drug-likeness (QED) is 0.635. The van der Waals surface area contributed by atoms with E-state index < -0.39 is 11.7 Å². The molecule has 1 aliphatic rings. The molecular weight excluding hydrogens is 367 g/mol. The van der Waals surface area contributed by atoms with E-state index in [0.717, 1.165) is 28.5 Å². The first kappa shape index (κ1) is 18.5. The molecule has 0 bridgehead atoms. The van der Waals surface area contributed by atoms with Crippen LogP contribution in [0, 0.1) is 0 Å². The molecule has 0 saturated carbocycles. The minimum atomic E-state index is -4.37. The Hall–Kier alpha value is -2.86. The molecule has 0 aromatic heterocycles. The Morgan fingerprint density at radius 3 is 2.21 bits per heavy atom. The summed E-state index contributed by atoms with van der Waals surface area (Å²) in [5.41, 5.74) is 1.37. The van der Waals surface area contributed by atoms with Crippen molar-refractivity contribution >= 4 is 16.7 Å². The van der Waals surface area contributed by atoms with Gasteiger partial charge in [-0.3, -0.25) is 4.79 Å². The molecule has 1 heterocycles. The molecule has 1 fully saturated rings. The molecule has 3 nitrogen and oxygen atoms in total. The van der Waals surface area contributed by atoms with Crippen molar-refractivity contribution in [1.82, 2.24) is 4.90 Å². The normalized spacial score (nSPS) is 14.9. The van der Waals surface area contributed by atoms with Gasteiger partial charge in [-0.2, -0.15) is 13.2 Å². The van der Waals surface area contributed by atoms with Crippen LogP contribution in [0.1, 0.15) is 15.9 Å². The van der Waals surface area contributed by atoms with Crippen LogP contribution in [0.5, 0.6) is 0 Å². The minimum Gasteiger partial charge on any atom is -0.378 e. The number of methoxy groups -OCH3 is 1. The summed E-state index contributed by atoms with van der Waals surface area (Å²) in [6, 6.07) is 16.1. The number of hydrogen-bond donors (Lipinski definition) is 0. The lowest BCUT2D eigenvalue weighted by Crippen LogP contribution is -2.54. The number of fused-ring (bicyclic) bond motifs is 1. The van der Waals surface area contributed by atoms with Crippen molar-refractivity contribution in [3.63, 3.8) is 0 Å². The molecular formula is C22H18F3NO2. The van der Waals surface area contributed by atoms with Gasteiger partial charge in [-0.15, -0.1) is 0 Å². The average molecular weight is 385 g/mol. The summed E-state index contributed by atoms with van der Waals surface area (Å²) in [7, 11) is 1.63. The number of amides is 1. The number of hydrogen-bond acceptors (Lipinski definition) is 2. The standard InChI is InChI=1S/C22H18F3NO2/c1-28-16-12-26(13-16)21(27)20-11-10-17(18-4-2-3-5-19(18)20)14-6-8-15(9-7-14)22(23,24)25/h2-11,16H,12-13H2,1H3. The summed E-state index contributed by atoms with van der Waals surface area (Å²) in [6.07, 6.45) is -4.30. The van der Waals surface area contributed by atoms with Crippen molar-refractivity contribution in [2.75, 3.05) is 20.2 Å². The summed E-state index contributed by atoms with van der Waals surface area (Å²) in [5, 5.41) is 1.61. The second kappa shape index (κ2) is 6.95. The zero-order valence-corrected chi connectivity index (χ0v) is 15.2. The Labute approximate surface area is 160 Å². The highest BCUT2D eigenvalue weighted by molar-refractivity contribution is 6.11. The van der Waals surface area contributed by atoms with Crippen LogP contribution >= 0.6 is 0 Å². The van der Waals surface area contributed by atoms with Crippen LogP contribution in [-0.4, -0.2) is 37.1 Å². The summed E-state index contributed by atoms with van der Waals surface area (Å²) < 4.78 is 43.7. The van der Waals surface area contributed by atoms with E-state index in [9.17, 15) is 18.0 Å². The topological polar surface area (TPSA) is 29.5 Å². The van der Waals surface area contributed by atoms with Gasteiger partial charge >= 0.3 is 6.18 Å². The monoisotopic (exact) mass is 385 g/mol. The molecule has 0 N–H and O–H groups in total. The van der Waals surface area contributed by atoms with Gasteiger partial charge < -0.3 is 9.64 Å². The van der Waals surface area contributed by atoms with Gasteiger partial charge in [0.25, 0.3) is 5.91 Å². The summed E-state index contributed by atoms with van der Waals surface area (Å²) in [5.74, 6) is -0.0662. The molecule has 1 saturated heterocycles. The van der Waals surface area contributed by atoms with Gasteiger partial charge in [0.15, 0.2) is 0 Å². The van der Waals surface area contributed by atoms with Crippen LogP contribution in [-0.2, 0) is 10.9 Å². The molecule has 0 aliphatic carbocycles. The van der Waals surface area contributed by atoms with E-state index in [1.807, 2.05) is 24.3 Å². The Bertz CT molecular complexity index is 1020. The van der Waals surface area contributed by atoms with Crippen molar-refractivity contribution < 1.29 is 22.7 Å². The number of carbonyl (C=O) groups excluding carboxylic acids is 1. The maximum atomic E-state index is 12.9. The third-order valence-corrected chi connectivity index (χ3v) is 5.15. The van der Waals surface area contributed by atoms with Crippen LogP contribution in [0.3, 0.4) is 0 Å². The highest BCUT2D eigenvalue weighted by Gasteiger charge is 2.32. The predicted molar refractivity (Wildman–Crippen MR) is 101 cm³/mol. The summed E-state index contributed by atoms with van der Waals surface area (Å²) in [6.45, 7) is 1.12. The summed E-state index contributed by atoms with van der Waals surface area (Å²) in [4.78, 5) is 14.6. The number of carbonyl (C=O) groups is 1. The molecule has 0 spiro atoms. The fourth-order valence-corrected chi connectivity index (χ4v) is 3.50. The highest BCUT2D eigenvalue weighted by atomic mass is 19.4. The lowest BCUT2D eigenvalue weighted by molar-refractivity contribution is -0.137. The van der Waals surface area contributed by atoms with Gasteiger partial charge in [0.1, 0.15) is 0 Å². The predicted octanol–water partition coefficient (Wildman–Crippen LogP) is 5.00. The zero-order chi connectivity index (χ0) is 19.9. The summed E-state index contributed by atoms with van der Waals surface area (Å²) >= 11 is 0. The smallest absolute Gasteiger partial charge is 0.378 e.